The Labute approximate surface area is 100 Å². The molecule has 1 amide bonds. The number of pyridine rings is 1. The number of halogens is 1. The van der Waals surface area contributed by atoms with Crippen molar-refractivity contribution >= 4 is 17.5 Å². The van der Waals surface area contributed by atoms with E-state index in [1.165, 1.54) is 0 Å². The Bertz CT molecular complexity index is 379. The third kappa shape index (κ3) is 3.47. The van der Waals surface area contributed by atoms with Crippen LogP contribution in [-0.2, 0) is 11.3 Å². The molecule has 0 aromatic carbocycles. The van der Waals surface area contributed by atoms with Crippen LogP contribution in [0.1, 0.15) is 19.4 Å². The molecule has 0 fully saturated rings. The molecule has 4 nitrogen and oxygen atoms in total. The van der Waals surface area contributed by atoms with E-state index in [0.29, 0.717) is 18.2 Å². The minimum atomic E-state index is -0.561. The van der Waals surface area contributed by atoms with Gasteiger partial charge in [0.05, 0.1) is 5.41 Å². The fourth-order valence-corrected chi connectivity index (χ4v) is 1.33. The Balaban J connectivity index is 2.48. The quantitative estimate of drug-likeness (QED) is 0.765. The van der Waals surface area contributed by atoms with Crippen molar-refractivity contribution in [3.05, 3.63) is 29.0 Å². The van der Waals surface area contributed by atoms with Crippen LogP contribution in [0.5, 0.6) is 0 Å². The normalized spacial score (nSPS) is 11.4. The molecular weight excluding hydrogens is 226 g/mol. The predicted octanol–water partition coefficient (Wildman–Crippen LogP) is 1.34. The van der Waals surface area contributed by atoms with Crippen molar-refractivity contribution in [2.24, 2.45) is 11.1 Å². The average molecular weight is 242 g/mol. The molecule has 0 aliphatic carbocycles. The highest BCUT2D eigenvalue weighted by molar-refractivity contribution is 6.30. The van der Waals surface area contributed by atoms with E-state index in [0.717, 1.165) is 5.56 Å². The molecule has 0 spiro atoms. The first kappa shape index (κ1) is 12.9. The molecule has 0 saturated heterocycles. The second-order valence-corrected chi connectivity index (χ2v) is 4.66. The number of hydrogen-bond acceptors (Lipinski definition) is 3. The van der Waals surface area contributed by atoms with Gasteiger partial charge in [-0.1, -0.05) is 17.7 Å². The molecule has 0 unspecified atom stereocenters. The number of hydrogen-bond donors (Lipinski definition) is 2. The van der Waals surface area contributed by atoms with E-state index in [4.69, 9.17) is 17.3 Å². The molecule has 0 saturated carbocycles. The molecule has 5 heteroatoms. The van der Waals surface area contributed by atoms with Crippen molar-refractivity contribution in [2.45, 2.75) is 20.4 Å². The fraction of sp³-hybridized carbons (Fsp3) is 0.455. The van der Waals surface area contributed by atoms with Crippen molar-refractivity contribution in [1.29, 1.82) is 0 Å². The molecule has 0 aliphatic rings. The van der Waals surface area contributed by atoms with E-state index in [1.807, 2.05) is 12.1 Å². The summed E-state index contributed by atoms with van der Waals surface area (Å²) in [5, 5.41) is 3.62. The molecule has 1 heterocycles. The Kier molecular flexibility index (Phi) is 4.26. The number of nitrogens with one attached hydrogen (secondary N) is 1. The standard InChI is InChI=1S/C11H16ClN3O/c1-11(2,10(13)16)7-14-6-8-4-3-5-15-9(8)12/h3-5,14H,6-7H2,1-2H3,(H2,13,16). The third-order valence-electron chi connectivity index (χ3n) is 2.39. The van der Waals surface area contributed by atoms with Crippen molar-refractivity contribution in [3.8, 4) is 0 Å². The minimum absolute atomic E-state index is 0.322. The van der Waals surface area contributed by atoms with Crippen LogP contribution in [-0.4, -0.2) is 17.4 Å². The number of nitrogens with zero attached hydrogens (tertiary/aromatic N) is 1. The van der Waals surface area contributed by atoms with Gasteiger partial charge in [-0.25, -0.2) is 4.98 Å². The van der Waals surface area contributed by atoms with Gasteiger partial charge in [-0.2, -0.15) is 0 Å². The summed E-state index contributed by atoms with van der Waals surface area (Å²) in [5.74, 6) is -0.322. The highest BCUT2D eigenvalue weighted by atomic mass is 35.5. The first-order valence-corrected chi connectivity index (χ1v) is 5.41. The third-order valence-corrected chi connectivity index (χ3v) is 2.73. The van der Waals surface area contributed by atoms with Crippen molar-refractivity contribution in [2.75, 3.05) is 6.54 Å². The zero-order chi connectivity index (χ0) is 12.2. The molecule has 16 heavy (non-hydrogen) atoms. The highest BCUT2D eigenvalue weighted by Gasteiger charge is 2.24. The van der Waals surface area contributed by atoms with Gasteiger partial charge in [0.1, 0.15) is 5.15 Å². The molecule has 0 aliphatic heterocycles. The van der Waals surface area contributed by atoms with Gasteiger partial charge in [-0.3, -0.25) is 4.79 Å². The summed E-state index contributed by atoms with van der Waals surface area (Å²) < 4.78 is 0. The predicted molar refractivity (Wildman–Crippen MR) is 63.9 cm³/mol. The van der Waals surface area contributed by atoms with Gasteiger partial charge in [0.2, 0.25) is 5.91 Å². The topological polar surface area (TPSA) is 68.0 Å². The van der Waals surface area contributed by atoms with Gasteiger partial charge in [-0.05, 0) is 19.9 Å². The van der Waals surface area contributed by atoms with E-state index in [9.17, 15) is 4.79 Å². The number of rotatable bonds is 5. The van der Waals surface area contributed by atoms with E-state index in [2.05, 4.69) is 10.3 Å². The molecule has 88 valence electrons. The van der Waals surface area contributed by atoms with Crippen LogP contribution >= 0.6 is 11.6 Å². The fourth-order valence-electron chi connectivity index (χ4n) is 1.15. The lowest BCUT2D eigenvalue weighted by atomic mass is 9.93. The SMILES string of the molecule is CC(C)(CNCc1cccnc1Cl)C(N)=O. The lowest BCUT2D eigenvalue weighted by Crippen LogP contribution is -2.40. The zero-order valence-corrected chi connectivity index (χ0v) is 10.2. The number of aromatic nitrogens is 1. The maximum absolute atomic E-state index is 11.1. The molecular formula is C11H16ClN3O. The van der Waals surface area contributed by atoms with Gasteiger partial charge in [0, 0.05) is 24.8 Å². The summed E-state index contributed by atoms with van der Waals surface area (Å²) in [6, 6.07) is 3.71. The number of nitrogens with two attached hydrogens (primary N) is 1. The van der Waals surface area contributed by atoms with Gasteiger partial charge < -0.3 is 11.1 Å². The first-order chi connectivity index (χ1) is 7.43. The number of carbonyl (C=O) groups excluding carboxylic acids is 1. The smallest absolute Gasteiger partial charge is 0.224 e. The van der Waals surface area contributed by atoms with Crippen LogP contribution in [0.3, 0.4) is 0 Å². The Morgan fingerprint density at radius 3 is 2.88 bits per heavy atom. The maximum atomic E-state index is 11.1. The van der Waals surface area contributed by atoms with Crippen LogP contribution in [0.4, 0.5) is 0 Å². The van der Waals surface area contributed by atoms with Crippen LogP contribution < -0.4 is 11.1 Å². The van der Waals surface area contributed by atoms with Crippen LogP contribution in [0.15, 0.2) is 18.3 Å². The monoisotopic (exact) mass is 241 g/mol. The van der Waals surface area contributed by atoms with E-state index in [-0.39, 0.29) is 5.91 Å². The number of primary amides is 1. The molecule has 0 radical (unpaired) electrons. The van der Waals surface area contributed by atoms with Crippen LogP contribution in [0, 0.1) is 5.41 Å². The first-order valence-electron chi connectivity index (χ1n) is 5.03. The minimum Gasteiger partial charge on any atom is -0.369 e. The maximum Gasteiger partial charge on any atom is 0.224 e. The lowest BCUT2D eigenvalue weighted by Gasteiger charge is -2.20. The van der Waals surface area contributed by atoms with Gasteiger partial charge in [-0.15, -0.1) is 0 Å². The zero-order valence-electron chi connectivity index (χ0n) is 9.46. The van der Waals surface area contributed by atoms with Crippen LogP contribution in [0.25, 0.3) is 0 Å². The van der Waals surface area contributed by atoms with Crippen molar-refractivity contribution < 1.29 is 4.79 Å². The average Bonchev–Trinajstić information content (AvgIpc) is 2.20. The summed E-state index contributed by atoms with van der Waals surface area (Å²) in [7, 11) is 0. The van der Waals surface area contributed by atoms with Crippen molar-refractivity contribution in [3.63, 3.8) is 0 Å². The number of amides is 1. The van der Waals surface area contributed by atoms with E-state index >= 15 is 0 Å². The van der Waals surface area contributed by atoms with E-state index in [1.54, 1.807) is 20.0 Å². The Morgan fingerprint density at radius 1 is 1.62 bits per heavy atom. The summed E-state index contributed by atoms with van der Waals surface area (Å²) in [6.45, 7) is 4.68. The summed E-state index contributed by atoms with van der Waals surface area (Å²) in [6.07, 6.45) is 1.64. The second kappa shape index (κ2) is 5.27. The summed E-state index contributed by atoms with van der Waals surface area (Å²) >= 11 is 5.89. The van der Waals surface area contributed by atoms with E-state index < -0.39 is 5.41 Å². The molecule has 0 atom stereocenters. The van der Waals surface area contributed by atoms with Crippen LogP contribution in [0.2, 0.25) is 5.15 Å². The van der Waals surface area contributed by atoms with Crippen molar-refractivity contribution in [1.82, 2.24) is 10.3 Å². The molecule has 1 aromatic heterocycles. The molecule has 3 N–H and O–H groups in total. The molecule has 1 rings (SSSR count). The second-order valence-electron chi connectivity index (χ2n) is 4.31. The summed E-state index contributed by atoms with van der Waals surface area (Å²) in [5.41, 5.74) is 5.61. The largest absolute Gasteiger partial charge is 0.369 e. The molecule has 1 aromatic rings. The van der Waals surface area contributed by atoms with Gasteiger partial charge >= 0.3 is 0 Å². The van der Waals surface area contributed by atoms with Gasteiger partial charge in [0.25, 0.3) is 0 Å². The highest BCUT2D eigenvalue weighted by Crippen LogP contribution is 2.14. The Hall–Kier alpha value is -1.13. The Morgan fingerprint density at radius 2 is 2.31 bits per heavy atom. The molecule has 0 bridgehead atoms. The lowest BCUT2D eigenvalue weighted by molar-refractivity contribution is -0.125. The van der Waals surface area contributed by atoms with Gasteiger partial charge in [0.15, 0.2) is 0 Å². The summed E-state index contributed by atoms with van der Waals surface area (Å²) in [4.78, 5) is 15.0. The number of carbonyl (C=O) groups is 1.